The first kappa shape index (κ1) is 8.52. The maximum absolute atomic E-state index is 11.6. The predicted molar refractivity (Wildman–Crippen MR) is 35.3 cm³/mol. The zero-order valence-corrected chi connectivity index (χ0v) is 6.30. The molecule has 1 aromatic rings. The van der Waals surface area contributed by atoms with E-state index in [-0.39, 0.29) is 6.42 Å². The summed E-state index contributed by atoms with van der Waals surface area (Å²) in [7, 11) is 0. The molecule has 0 fully saturated rings. The van der Waals surface area contributed by atoms with Gasteiger partial charge in [0.15, 0.2) is 5.51 Å². The number of nitrogens with zero attached hydrogens (tertiary/aromatic N) is 1. The summed E-state index contributed by atoms with van der Waals surface area (Å²) in [5, 5.41) is 1.58. The molecule has 0 aliphatic rings. The van der Waals surface area contributed by atoms with Gasteiger partial charge in [0.05, 0.1) is 5.69 Å². The summed E-state index contributed by atoms with van der Waals surface area (Å²) >= 11 is 1.19. The Balaban J connectivity index is 2.35. The van der Waals surface area contributed by atoms with Gasteiger partial charge >= 0.3 is 6.18 Å². The highest BCUT2D eigenvalue weighted by Crippen LogP contribution is 2.21. The van der Waals surface area contributed by atoms with E-state index in [1.54, 1.807) is 5.38 Å². The second kappa shape index (κ2) is 3.21. The molecule has 0 bridgehead atoms. The Labute approximate surface area is 65.9 Å². The summed E-state index contributed by atoms with van der Waals surface area (Å²) in [6, 6.07) is 0. The number of hydrogen-bond acceptors (Lipinski definition) is 2. The molecule has 0 spiro atoms. The summed E-state index contributed by atoms with van der Waals surface area (Å²) < 4.78 is 34.8. The van der Waals surface area contributed by atoms with E-state index in [1.165, 1.54) is 11.3 Å². The predicted octanol–water partition coefficient (Wildman–Crippen LogP) is 2.44. The molecule has 1 radical (unpaired) electrons. The summed E-state index contributed by atoms with van der Waals surface area (Å²) in [6.07, 6.45) is -4.92. The fourth-order valence-electron chi connectivity index (χ4n) is 0.590. The minimum atomic E-state index is -4.08. The third-order valence-corrected chi connectivity index (χ3v) is 1.69. The first-order valence-corrected chi connectivity index (χ1v) is 3.83. The van der Waals surface area contributed by atoms with Gasteiger partial charge in [-0.05, 0) is 6.42 Å². The van der Waals surface area contributed by atoms with Gasteiger partial charge in [-0.1, -0.05) is 0 Å². The summed E-state index contributed by atoms with van der Waals surface area (Å²) in [5.74, 6) is 0. The molecule has 1 nitrogen and oxygen atoms in total. The molecule has 0 aromatic carbocycles. The van der Waals surface area contributed by atoms with Crippen molar-refractivity contribution < 1.29 is 13.2 Å². The van der Waals surface area contributed by atoms with Crippen LogP contribution in [-0.2, 0) is 6.42 Å². The highest BCUT2D eigenvalue weighted by atomic mass is 32.1. The first-order valence-electron chi connectivity index (χ1n) is 2.95. The van der Waals surface area contributed by atoms with Crippen molar-refractivity contribution in [3.05, 3.63) is 16.6 Å². The normalized spacial score (nSPS) is 11.9. The van der Waals surface area contributed by atoms with Crippen LogP contribution in [0.5, 0.6) is 0 Å². The quantitative estimate of drug-likeness (QED) is 0.681. The Morgan fingerprint density at radius 2 is 2.27 bits per heavy atom. The number of aryl methyl sites for hydroxylation is 1. The van der Waals surface area contributed by atoms with Crippen LogP contribution in [0.3, 0.4) is 0 Å². The monoisotopic (exact) mass is 180 g/mol. The Hall–Kier alpha value is -0.580. The Morgan fingerprint density at radius 1 is 1.55 bits per heavy atom. The second-order valence-corrected chi connectivity index (χ2v) is 2.70. The molecule has 0 saturated carbocycles. The fourth-order valence-corrected chi connectivity index (χ4v) is 1.12. The van der Waals surface area contributed by atoms with Crippen molar-refractivity contribution in [3.63, 3.8) is 0 Å². The van der Waals surface area contributed by atoms with E-state index in [4.69, 9.17) is 0 Å². The maximum atomic E-state index is 11.6. The van der Waals surface area contributed by atoms with Gasteiger partial charge in [0.2, 0.25) is 0 Å². The minimum Gasteiger partial charge on any atom is -0.239 e. The molecule has 61 valence electrons. The molecule has 1 rings (SSSR count). The number of hydrogen-bond donors (Lipinski definition) is 0. The molecule has 0 unspecified atom stereocenters. The van der Waals surface area contributed by atoms with Crippen molar-refractivity contribution >= 4 is 11.3 Å². The topological polar surface area (TPSA) is 12.9 Å². The number of halogens is 3. The van der Waals surface area contributed by atoms with E-state index in [0.29, 0.717) is 5.69 Å². The third kappa shape index (κ3) is 3.36. The number of rotatable bonds is 2. The fraction of sp³-hybridized carbons (Fsp3) is 0.500. The lowest BCUT2D eigenvalue weighted by Crippen LogP contribution is -2.08. The lowest BCUT2D eigenvalue weighted by Gasteiger charge is -2.02. The van der Waals surface area contributed by atoms with Crippen LogP contribution in [0.2, 0.25) is 0 Å². The molecule has 1 aromatic heterocycles. The van der Waals surface area contributed by atoms with Gasteiger partial charge in [-0.15, -0.1) is 11.3 Å². The van der Waals surface area contributed by atoms with Crippen LogP contribution >= 0.6 is 11.3 Å². The van der Waals surface area contributed by atoms with Crippen molar-refractivity contribution in [2.75, 3.05) is 0 Å². The highest BCUT2D eigenvalue weighted by Gasteiger charge is 2.26. The van der Waals surface area contributed by atoms with Crippen molar-refractivity contribution in [1.82, 2.24) is 4.98 Å². The molecular formula is C6H5F3NS. The van der Waals surface area contributed by atoms with Crippen LogP contribution in [-0.4, -0.2) is 11.2 Å². The minimum absolute atomic E-state index is 0.0382. The van der Waals surface area contributed by atoms with Crippen LogP contribution in [0.4, 0.5) is 13.2 Å². The van der Waals surface area contributed by atoms with E-state index in [0.717, 1.165) is 0 Å². The van der Waals surface area contributed by atoms with E-state index in [1.807, 2.05) is 0 Å². The molecule has 0 atom stereocenters. The van der Waals surface area contributed by atoms with Gasteiger partial charge in [0, 0.05) is 11.8 Å². The van der Waals surface area contributed by atoms with Gasteiger partial charge in [0.25, 0.3) is 0 Å². The number of aromatic nitrogens is 1. The number of thiazole rings is 1. The van der Waals surface area contributed by atoms with Gasteiger partial charge in [-0.2, -0.15) is 13.2 Å². The second-order valence-electron chi connectivity index (χ2n) is 2.05. The van der Waals surface area contributed by atoms with E-state index < -0.39 is 12.6 Å². The molecule has 0 saturated heterocycles. The molecule has 0 aliphatic heterocycles. The highest BCUT2D eigenvalue weighted by molar-refractivity contribution is 7.07. The number of alkyl halides is 3. The van der Waals surface area contributed by atoms with Crippen LogP contribution in [0.1, 0.15) is 12.1 Å². The molecule has 1 heterocycles. The lowest BCUT2D eigenvalue weighted by molar-refractivity contribution is -0.134. The Bertz CT molecular complexity index is 204. The van der Waals surface area contributed by atoms with Crippen molar-refractivity contribution in [2.45, 2.75) is 19.0 Å². The maximum Gasteiger partial charge on any atom is 0.389 e. The molecule has 11 heavy (non-hydrogen) atoms. The molecule has 5 heteroatoms. The summed E-state index contributed by atoms with van der Waals surface area (Å²) in [5.41, 5.74) is 2.96. The van der Waals surface area contributed by atoms with Crippen LogP contribution in [0, 0.1) is 5.51 Å². The van der Waals surface area contributed by atoms with Gasteiger partial charge in [-0.3, -0.25) is 0 Å². The van der Waals surface area contributed by atoms with Crippen molar-refractivity contribution in [2.24, 2.45) is 0 Å². The molecule has 0 N–H and O–H groups in total. The van der Waals surface area contributed by atoms with E-state index in [2.05, 4.69) is 10.5 Å². The summed E-state index contributed by atoms with van der Waals surface area (Å²) in [4.78, 5) is 3.61. The first-order chi connectivity index (χ1) is 5.08. The van der Waals surface area contributed by atoms with Crippen molar-refractivity contribution in [1.29, 1.82) is 0 Å². The van der Waals surface area contributed by atoms with E-state index >= 15 is 0 Å². The zero-order valence-electron chi connectivity index (χ0n) is 5.48. The smallest absolute Gasteiger partial charge is 0.239 e. The largest absolute Gasteiger partial charge is 0.389 e. The molecular weight excluding hydrogens is 175 g/mol. The van der Waals surface area contributed by atoms with E-state index in [9.17, 15) is 13.2 Å². The summed E-state index contributed by atoms with van der Waals surface area (Å²) in [6.45, 7) is 0. The van der Waals surface area contributed by atoms with Crippen LogP contribution in [0.15, 0.2) is 5.38 Å². The van der Waals surface area contributed by atoms with Gasteiger partial charge in [-0.25, -0.2) is 4.98 Å². The van der Waals surface area contributed by atoms with Crippen LogP contribution < -0.4 is 0 Å². The third-order valence-electron chi connectivity index (χ3n) is 1.10. The average molecular weight is 180 g/mol. The van der Waals surface area contributed by atoms with Gasteiger partial charge in [0.1, 0.15) is 0 Å². The zero-order chi connectivity index (χ0) is 8.32. The lowest BCUT2D eigenvalue weighted by atomic mass is 10.2. The van der Waals surface area contributed by atoms with Crippen LogP contribution in [0.25, 0.3) is 0 Å². The molecule has 0 aliphatic carbocycles. The molecule has 0 amide bonds. The standard InChI is InChI=1S/C6H5F3NS/c7-6(8,9)2-1-5-3-11-4-10-5/h3H,1-2H2. The van der Waals surface area contributed by atoms with Crippen molar-refractivity contribution in [3.8, 4) is 0 Å². The van der Waals surface area contributed by atoms with Gasteiger partial charge < -0.3 is 0 Å². The average Bonchev–Trinajstić information content (AvgIpc) is 2.32. The Morgan fingerprint density at radius 3 is 2.73 bits per heavy atom. The SMILES string of the molecule is FC(F)(F)CCc1cs[c]n1. The Kier molecular flexibility index (Phi) is 2.49.